The molecule has 1 amide bonds. The van der Waals surface area contributed by atoms with Gasteiger partial charge in [0, 0.05) is 24.7 Å². The van der Waals surface area contributed by atoms with Crippen LogP contribution in [0.3, 0.4) is 0 Å². The monoisotopic (exact) mass is 246 g/mol. The molecule has 0 fully saturated rings. The van der Waals surface area contributed by atoms with Crippen molar-refractivity contribution in [2.45, 2.75) is 19.3 Å². The molecule has 0 saturated carbocycles. The Balaban J connectivity index is 2.11. The molecule has 1 aromatic carbocycles. The van der Waals surface area contributed by atoms with E-state index >= 15 is 0 Å². The van der Waals surface area contributed by atoms with Gasteiger partial charge in [-0.2, -0.15) is 0 Å². The summed E-state index contributed by atoms with van der Waals surface area (Å²) in [4.78, 5) is 25.2. The van der Waals surface area contributed by atoms with Crippen molar-refractivity contribution in [1.29, 1.82) is 0 Å². The van der Waals surface area contributed by atoms with Crippen molar-refractivity contribution >= 4 is 17.4 Å². The Morgan fingerprint density at radius 1 is 1.44 bits per heavy atom. The number of ketones is 1. The van der Waals surface area contributed by atoms with Gasteiger partial charge in [0.2, 0.25) is 5.91 Å². The van der Waals surface area contributed by atoms with Crippen LogP contribution in [0.1, 0.15) is 28.8 Å². The van der Waals surface area contributed by atoms with Crippen LogP contribution in [0.4, 0.5) is 5.69 Å². The van der Waals surface area contributed by atoms with Crippen molar-refractivity contribution in [3.8, 4) is 0 Å². The van der Waals surface area contributed by atoms with Crippen LogP contribution in [0, 0.1) is 0 Å². The Bertz CT molecular complexity index is 483. The Kier molecular flexibility index (Phi) is 3.77. The summed E-state index contributed by atoms with van der Waals surface area (Å²) in [5, 5.41) is 3.02. The molecule has 0 radical (unpaired) electrons. The van der Waals surface area contributed by atoms with Crippen molar-refractivity contribution in [1.82, 2.24) is 5.32 Å². The highest BCUT2D eigenvalue weighted by atomic mass is 16.2. The van der Waals surface area contributed by atoms with E-state index in [4.69, 9.17) is 0 Å². The summed E-state index contributed by atoms with van der Waals surface area (Å²) < 4.78 is 0. The summed E-state index contributed by atoms with van der Waals surface area (Å²) in [5.74, 6) is 0.236. The van der Waals surface area contributed by atoms with Gasteiger partial charge < -0.3 is 10.2 Å². The SMILES string of the molecule is CNCCCC(=O)c1ccc2c(c1)CC(=O)N2C. The van der Waals surface area contributed by atoms with Gasteiger partial charge in [0.1, 0.15) is 0 Å². The Morgan fingerprint density at radius 3 is 2.94 bits per heavy atom. The molecule has 1 aliphatic rings. The summed E-state index contributed by atoms with van der Waals surface area (Å²) in [6.45, 7) is 0.845. The van der Waals surface area contributed by atoms with Gasteiger partial charge in [0.05, 0.1) is 6.42 Å². The van der Waals surface area contributed by atoms with Crippen molar-refractivity contribution in [2.75, 3.05) is 25.5 Å². The number of hydrogen-bond donors (Lipinski definition) is 1. The van der Waals surface area contributed by atoms with E-state index in [1.807, 2.05) is 25.2 Å². The smallest absolute Gasteiger partial charge is 0.231 e. The van der Waals surface area contributed by atoms with Crippen LogP contribution in [-0.4, -0.2) is 32.3 Å². The molecule has 0 spiro atoms. The van der Waals surface area contributed by atoms with E-state index in [1.54, 1.807) is 11.9 Å². The number of hydrogen-bond acceptors (Lipinski definition) is 3. The van der Waals surface area contributed by atoms with Gasteiger partial charge in [-0.25, -0.2) is 0 Å². The summed E-state index contributed by atoms with van der Waals surface area (Å²) in [6.07, 6.45) is 1.79. The van der Waals surface area contributed by atoms with Gasteiger partial charge >= 0.3 is 0 Å². The number of Topliss-reactive ketones (excluding diaryl/α,β-unsaturated/α-hetero) is 1. The Morgan fingerprint density at radius 2 is 2.22 bits per heavy atom. The first kappa shape index (κ1) is 12.8. The summed E-state index contributed by atoms with van der Waals surface area (Å²) in [6, 6.07) is 5.54. The third kappa shape index (κ3) is 2.43. The topological polar surface area (TPSA) is 49.4 Å². The van der Waals surface area contributed by atoms with Crippen LogP contribution >= 0.6 is 0 Å². The van der Waals surface area contributed by atoms with Crippen LogP contribution in [0.5, 0.6) is 0 Å². The lowest BCUT2D eigenvalue weighted by atomic mass is 10.0. The lowest BCUT2D eigenvalue weighted by molar-refractivity contribution is -0.117. The normalized spacial score (nSPS) is 13.9. The van der Waals surface area contributed by atoms with Crippen LogP contribution < -0.4 is 10.2 Å². The number of rotatable bonds is 5. The quantitative estimate of drug-likeness (QED) is 0.631. The van der Waals surface area contributed by atoms with Crippen molar-refractivity contribution in [2.24, 2.45) is 0 Å². The maximum absolute atomic E-state index is 12.0. The highest BCUT2D eigenvalue weighted by Crippen LogP contribution is 2.28. The zero-order valence-corrected chi connectivity index (χ0v) is 10.8. The second-order valence-electron chi connectivity index (χ2n) is 4.60. The molecule has 1 aliphatic heterocycles. The molecule has 96 valence electrons. The molecule has 0 unspecified atom stereocenters. The number of fused-ring (bicyclic) bond motifs is 1. The molecule has 2 rings (SSSR count). The van der Waals surface area contributed by atoms with Crippen LogP contribution in [-0.2, 0) is 11.2 Å². The van der Waals surface area contributed by atoms with Crippen molar-refractivity contribution in [3.05, 3.63) is 29.3 Å². The Labute approximate surface area is 107 Å². The number of anilines is 1. The molecular weight excluding hydrogens is 228 g/mol. The lowest BCUT2D eigenvalue weighted by Crippen LogP contribution is -2.20. The molecule has 1 N–H and O–H groups in total. The molecule has 1 aromatic rings. The number of carbonyl (C=O) groups excluding carboxylic acids is 2. The molecule has 4 nitrogen and oxygen atoms in total. The maximum atomic E-state index is 12.0. The fraction of sp³-hybridized carbons (Fsp3) is 0.429. The lowest BCUT2D eigenvalue weighted by Gasteiger charge is -2.10. The zero-order chi connectivity index (χ0) is 13.1. The highest BCUT2D eigenvalue weighted by molar-refractivity contribution is 6.03. The molecule has 0 atom stereocenters. The van der Waals surface area contributed by atoms with E-state index in [9.17, 15) is 9.59 Å². The van der Waals surface area contributed by atoms with Crippen molar-refractivity contribution in [3.63, 3.8) is 0 Å². The first-order chi connectivity index (χ1) is 8.63. The number of carbonyl (C=O) groups is 2. The summed E-state index contributed by atoms with van der Waals surface area (Å²) >= 11 is 0. The summed E-state index contributed by atoms with van der Waals surface area (Å²) in [5.41, 5.74) is 2.60. The molecular formula is C14H18N2O2. The molecule has 4 heteroatoms. The van der Waals surface area contributed by atoms with Gasteiger partial charge in [-0.3, -0.25) is 9.59 Å². The van der Waals surface area contributed by atoms with Crippen molar-refractivity contribution < 1.29 is 9.59 Å². The number of nitrogens with one attached hydrogen (secondary N) is 1. The number of benzene rings is 1. The van der Waals surface area contributed by atoms with E-state index in [0.717, 1.165) is 24.2 Å². The zero-order valence-electron chi connectivity index (χ0n) is 10.8. The fourth-order valence-corrected chi connectivity index (χ4v) is 2.21. The second kappa shape index (κ2) is 5.31. The first-order valence-electron chi connectivity index (χ1n) is 6.20. The largest absolute Gasteiger partial charge is 0.320 e. The van der Waals surface area contributed by atoms with E-state index in [0.29, 0.717) is 18.4 Å². The summed E-state index contributed by atoms with van der Waals surface area (Å²) in [7, 11) is 3.64. The van der Waals surface area contributed by atoms with Crippen LogP contribution in [0.25, 0.3) is 0 Å². The standard InChI is InChI=1S/C14H18N2O2/c1-15-7-3-4-13(17)10-5-6-12-11(8-10)9-14(18)16(12)2/h5-6,8,15H,3-4,7,9H2,1-2H3. The highest BCUT2D eigenvalue weighted by Gasteiger charge is 2.24. The minimum atomic E-state index is 0.0878. The van der Waals surface area contributed by atoms with E-state index in [2.05, 4.69) is 5.32 Å². The third-order valence-corrected chi connectivity index (χ3v) is 3.31. The molecule has 0 aromatic heterocycles. The molecule has 0 aliphatic carbocycles. The fourth-order valence-electron chi connectivity index (χ4n) is 2.21. The predicted octanol–water partition coefficient (Wildman–Crippen LogP) is 1.39. The van der Waals surface area contributed by atoms with E-state index < -0.39 is 0 Å². The Hall–Kier alpha value is -1.68. The van der Waals surface area contributed by atoms with Gasteiger partial charge in [0.15, 0.2) is 5.78 Å². The second-order valence-corrected chi connectivity index (χ2v) is 4.60. The molecule has 18 heavy (non-hydrogen) atoms. The van der Waals surface area contributed by atoms with E-state index in [-0.39, 0.29) is 11.7 Å². The van der Waals surface area contributed by atoms with E-state index in [1.165, 1.54) is 0 Å². The number of likely N-dealkylation sites (N-methyl/N-ethyl adjacent to an activating group) is 1. The molecule has 1 heterocycles. The average Bonchev–Trinajstić information content (AvgIpc) is 2.65. The third-order valence-electron chi connectivity index (χ3n) is 3.31. The van der Waals surface area contributed by atoms with Gasteiger partial charge in [-0.1, -0.05) is 0 Å². The average molecular weight is 246 g/mol. The van der Waals surface area contributed by atoms with Gasteiger partial charge in [-0.15, -0.1) is 0 Å². The van der Waals surface area contributed by atoms with Crippen LogP contribution in [0.2, 0.25) is 0 Å². The predicted molar refractivity (Wildman–Crippen MR) is 71.0 cm³/mol. The number of nitrogens with zero attached hydrogens (tertiary/aromatic N) is 1. The molecule has 0 saturated heterocycles. The van der Waals surface area contributed by atoms with Gasteiger partial charge in [0.25, 0.3) is 0 Å². The first-order valence-corrected chi connectivity index (χ1v) is 6.20. The minimum absolute atomic E-state index is 0.0878. The van der Waals surface area contributed by atoms with Gasteiger partial charge in [-0.05, 0) is 43.8 Å². The minimum Gasteiger partial charge on any atom is -0.320 e. The maximum Gasteiger partial charge on any atom is 0.231 e. The number of amides is 1. The van der Waals surface area contributed by atoms with Crippen LogP contribution in [0.15, 0.2) is 18.2 Å². The molecule has 0 bridgehead atoms.